The number of anilines is 1. The quantitative estimate of drug-likeness (QED) is 0.761. The van der Waals surface area contributed by atoms with Crippen LogP contribution in [0.15, 0.2) is 36.5 Å². The number of nitrogens with one attached hydrogen (secondary N) is 2. The van der Waals surface area contributed by atoms with Crippen LogP contribution in [0.4, 0.5) is 5.69 Å². The Morgan fingerprint density at radius 2 is 2.00 bits per heavy atom. The van der Waals surface area contributed by atoms with Crippen LogP contribution in [0, 0.1) is 0 Å². The van der Waals surface area contributed by atoms with Gasteiger partial charge in [-0.2, -0.15) is 0 Å². The van der Waals surface area contributed by atoms with Gasteiger partial charge in [0, 0.05) is 37.6 Å². The molecule has 112 valence electrons. The molecule has 21 heavy (non-hydrogen) atoms. The fraction of sp³-hybridized carbons (Fsp3) is 0.375. The summed E-state index contributed by atoms with van der Waals surface area (Å²) in [5.74, 6) is 0.00510. The van der Waals surface area contributed by atoms with Gasteiger partial charge in [-0.05, 0) is 26.2 Å². The average Bonchev–Trinajstić information content (AvgIpc) is 2.47. The van der Waals surface area contributed by atoms with Crippen molar-refractivity contribution < 1.29 is 4.79 Å². The summed E-state index contributed by atoms with van der Waals surface area (Å²) in [4.78, 5) is 18.4. The van der Waals surface area contributed by atoms with Gasteiger partial charge in [0.15, 0.2) is 0 Å². The van der Waals surface area contributed by atoms with E-state index in [1.807, 2.05) is 44.4 Å². The third-order valence-corrected chi connectivity index (χ3v) is 3.17. The highest BCUT2D eigenvalue weighted by atomic mass is 16.1. The fourth-order valence-electron chi connectivity index (χ4n) is 2.05. The Labute approximate surface area is 125 Å². The van der Waals surface area contributed by atoms with Gasteiger partial charge in [-0.25, -0.2) is 0 Å². The van der Waals surface area contributed by atoms with E-state index in [1.165, 1.54) is 0 Å². The van der Waals surface area contributed by atoms with E-state index in [9.17, 15) is 4.79 Å². The summed E-state index contributed by atoms with van der Waals surface area (Å²) in [5.41, 5.74) is 1.60. The van der Waals surface area contributed by atoms with Gasteiger partial charge in [0.25, 0.3) is 0 Å². The van der Waals surface area contributed by atoms with Crippen LogP contribution in [0.2, 0.25) is 0 Å². The van der Waals surface area contributed by atoms with Crippen molar-refractivity contribution in [3.8, 4) is 0 Å². The van der Waals surface area contributed by atoms with Gasteiger partial charge in [-0.1, -0.05) is 18.2 Å². The molecule has 1 amide bonds. The number of hydrogen-bond donors (Lipinski definition) is 2. The molecule has 0 saturated carbocycles. The first-order chi connectivity index (χ1) is 10.2. The van der Waals surface area contributed by atoms with Crippen LogP contribution in [0.1, 0.15) is 6.42 Å². The topological polar surface area (TPSA) is 57.3 Å². The van der Waals surface area contributed by atoms with Gasteiger partial charge in [0.1, 0.15) is 0 Å². The highest BCUT2D eigenvalue weighted by Crippen LogP contribution is 2.20. The van der Waals surface area contributed by atoms with Crippen LogP contribution in [0.3, 0.4) is 0 Å². The number of hydrogen-bond acceptors (Lipinski definition) is 4. The number of amides is 1. The number of nitrogens with zero attached hydrogens (tertiary/aromatic N) is 2. The first kappa shape index (κ1) is 15.4. The smallest absolute Gasteiger partial charge is 0.225 e. The minimum Gasteiger partial charge on any atom is -0.324 e. The number of carbonyl (C=O) groups excluding carboxylic acids is 1. The molecule has 5 heteroatoms. The molecule has 0 spiro atoms. The predicted molar refractivity (Wildman–Crippen MR) is 86.4 cm³/mol. The molecule has 1 heterocycles. The number of fused-ring (bicyclic) bond motifs is 1. The summed E-state index contributed by atoms with van der Waals surface area (Å²) in [6.07, 6.45) is 2.19. The molecule has 0 aliphatic rings. The Morgan fingerprint density at radius 3 is 2.81 bits per heavy atom. The molecule has 2 N–H and O–H groups in total. The Bertz CT molecular complexity index is 592. The van der Waals surface area contributed by atoms with Crippen molar-refractivity contribution in [2.75, 3.05) is 39.0 Å². The minimum absolute atomic E-state index is 0.00510. The second-order valence-electron chi connectivity index (χ2n) is 5.23. The van der Waals surface area contributed by atoms with Crippen molar-refractivity contribution in [1.82, 2.24) is 15.2 Å². The summed E-state index contributed by atoms with van der Waals surface area (Å²) in [6, 6.07) is 9.67. The molecule has 2 rings (SSSR count). The lowest BCUT2D eigenvalue weighted by molar-refractivity contribution is -0.116. The summed E-state index contributed by atoms with van der Waals surface area (Å²) < 4.78 is 0. The molecule has 0 atom stereocenters. The molecule has 0 aliphatic carbocycles. The van der Waals surface area contributed by atoms with Crippen molar-refractivity contribution in [2.24, 2.45) is 0 Å². The number of benzene rings is 1. The monoisotopic (exact) mass is 286 g/mol. The maximum Gasteiger partial charge on any atom is 0.225 e. The lowest BCUT2D eigenvalue weighted by Crippen LogP contribution is -2.29. The Hall–Kier alpha value is -1.98. The van der Waals surface area contributed by atoms with Crippen molar-refractivity contribution in [3.63, 3.8) is 0 Å². The molecule has 0 aliphatic heterocycles. The number of carbonyl (C=O) groups is 1. The zero-order chi connectivity index (χ0) is 15.1. The summed E-state index contributed by atoms with van der Waals surface area (Å²) in [7, 11) is 4.06. The molecule has 0 fully saturated rings. The van der Waals surface area contributed by atoms with Gasteiger partial charge in [-0.3, -0.25) is 9.78 Å². The lowest BCUT2D eigenvalue weighted by atomic mass is 10.2. The van der Waals surface area contributed by atoms with Gasteiger partial charge in [0.05, 0.1) is 11.2 Å². The lowest BCUT2D eigenvalue weighted by Gasteiger charge is -2.11. The van der Waals surface area contributed by atoms with Crippen molar-refractivity contribution in [3.05, 3.63) is 36.5 Å². The van der Waals surface area contributed by atoms with E-state index in [4.69, 9.17) is 0 Å². The number of rotatable bonds is 7. The van der Waals surface area contributed by atoms with E-state index in [2.05, 4.69) is 20.5 Å². The Balaban J connectivity index is 1.84. The molecule has 0 radical (unpaired) electrons. The number of likely N-dealkylation sites (N-methyl/N-ethyl adjacent to an activating group) is 1. The SMILES string of the molecule is CN(C)CCNCCC(=O)Nc1cccc2cccnc12. The van der Waals surface area contributed by atoms with Crippen LogP contribution < -0.4 is 10.6 Å². The van der Waals surface area contributed by atoms with Crippen molar-refractivity contribution >= 4 is 22.5 Å². The van der Waals surface area contributed by atoms with E-state index >= 15 is 0 Å². The zero-order valence-corrected chi connectivity index (χ0v) is 12.6. The summed E-state index contributed by atoms with van der Waals surface area (Å²) in [5, 5.41) is 7.21. The second kappa shape index (κ2) is 7.71. The Kier molecular flexibility index (Phi) is 5.66. The second-order valence-corrected chi connectivity index (χ2v) is 5.23. The molecule has 0 saturated heterocycles. The highest BCUT2D eigenvalue weighted by Gasteiger charge is 2.06. The van der Waals surface area contributed by atoms with Crippen LogP contribution in [0.25, 0.3) is 10.9 Å². The van der Waals surface area contributed by atoms with E-state index in [-0.39, 0.29) is 5.91 Å². The molecular weight excluding hydrogens is 264 g/mol. The molecule has 0 bridgehead atoms. The molecule has 1 aromatic carbocycles. The maximum absolute atomic E-state index is 12.0. The van der Waals surface area contributed by atoms with E-state index < -0.39 is 0 Å². The van der Waals surface area contributed by atoms with E-state index in [1.54, 1.807) is 6.20 Å². The first-order valence-corrected chi connectivity index (χ1v) is 7.16. The van der Waals surface area contributed by atoms with Crippen molar-refractivity contribution in [1.29, 1.82) is 0 Å². The van der Waals surface area contributed by atoms with Crippen LogP contribution in [-0.4, -0.2) is 49.5 Å². The molecule has 0 unspecified atom stereocenters. The fourth-order valence-corrected chi connectivity index (χ4v) is 2.05. The molecule has 1 aromatic heterocycles. The van der Waals surface area contributed by atoms with Gasteiger partial charge >= 0.3 is 0 Å². The number of para-hydroxylation sites is 1. The molecule has 2 aromatic rings. The standard InChI is InChI=1S/C16H22N4O/c1-20(2)12-11-17-10-8-15(21)19-14-7-3-5-13-6-4-9-18-16(13)14/h3-7,9,17H,8,10-12H2,1-2H3,(H,19,21). The molecule has 5 nitrogen and oxygen atoms in total. The number of aromatic nitrogens is 1. The summed E-state index contributed by atoms with van der Waals surface area (Å²) >= 11 is 0. The van der Waals surface area contributed by atoms with Gasteiger partial charge in [0.2, 0.25) is 5.91 Å². The highest BCUT2D eigenvalue weighted by molar-refractivity contribution is 6.00. The Morgan fingerprint density at radius 1 is 1.19 bits per heavy atom. The van der Waals surface area contributed by atoms with E-state index in [0.717, 1.165) is 29.7 Å². The number of pyridine rings is 1. The normalized spacial score (nSPS) is 11.0. The molecular formula is C16H22N4O. The van der Waals surface area contributed by atoms with Crippen molar-refractivity contribution in [2.45, 2.75) is 6.42 Å². The van der Waals surface area contributed by atoms with E-state index in [0.29, 0.717) is 13.0 Å². The van der Waals surface area contributed by atoms with Gasteiger partial charge < -0.3 is 15.5 Å². The third kappa shape index (κ3) is 4.81. The minimum atomic E-state index is 0.00510. The third-order valence-electron chi connectivity index (χ3n) is 3.17. The average molecular weight is 286 g/mol. The largest absolute Gasteiger partial charge is 0.324 e. The van der Waals surface area contributed by atoms with Crippen LogP contribution >= 0.6 is 0 Å². The van der Waals surface area contributed by atoms with Crippen LogP contribution in [-0.2, 0) is 4.79 Å². The zero-order valence-electron chi connectivity index (χ0n) is 12.6. The summed E-state index contributed by atoms with van der Waals surface area (Å²) in [6.45, 7) is 2.53. The maximum atomic E-state index is 12.0. The van der Waals surface area contributed by atoms with Crippen LogP contribution in [0.5, 0.6) is 0 Å². The predicted octanol–water partition coefficient (Wildman–Crippen LogP) is 1.71. The van der Waals surface area contributed by atoms with Gasteiger partial charge in [-0.15, -0.1) is 0 Å². The first-order valence-electron chi connectivity index (χ1n) is 7.16.